The molecule has 42 heavy (non-hydrogen) atoms. The van der Waals surface area contributed by atoms with Crippen LogP contribution < -0.4 is 0 Å². The third kappa shape index (κ3) is 36.5. The van der Waals surface area contributed by atoms with Crippen molar-refractivity contribution in [1.29, 1.82) is 0 Å². The first-order valence-electron chi connectivity index (χ1n) is 14.6. The topological polar surface area (TPSA) is 139 Å². The van der Waals surface area contributed by atoms with Crippen LogP contribution in [0, 0.1) is 6.92 Å². The molecule has 0 aromatic heterocycles. The monoisotopic (exact) mass is 853 g/mol. The van der Waals surface area contributed by atoms with Crippen LogP contribution in [-0.2, 0) is 42.7 Å². The van der Waals surface area contributed by atoms with Crippen LogP contribution in [-0.4, -0.2) is 127 Å². The Labute approximate surface area is 283 Å². The van der Waals surface area contributed by atoms with Gasteiger partial charge in [0, 0.05) is 16.8 Å². The summed E-state index contributed by atoms with van der Waals surface area (Å²) < 4.78 is 67.4. The number of alkyl halides is 2. The number of benzene rings is 1. The SMILES string of the molecule is CCCOCCOCCOS(=O)(=O)c1ccc(C)cc1.ICCOCCOCCI.OCCOCCOCCO.[2H]CC. The van der Waals surface area contributed by atoms with Crippen molar-refractivity contribution in [2.24, 2.45) is 0 Å². The molecule has 0 bridgehead atoms. The molecule has 14 heteroatoms. The largest absolute Gasteiger partial charge is 0.394 e. The normalized spacial score (nSPS) is 10.9. The highest BCUT2D eigenvalue weighted by atomic mass is 127. The fraction of sp³-hybridized carbons (Fsp3) is 0.786. The number of hydrogen-bond donors (Lipinski definition) is 2. The second kappa shape index (κ2) is 39.3. The van der Waals surface area contributed by atoms with Crippen molar-refractivity contribution in [3.8, 4) is 0 Å². The summed E-state index contributed by atoms with van der Waals surface area (Å²) in [6.07, 6.45) is 0.970. The van der Waals surface area contributed by atoms with Gasteiger partial charge in [-0.1, -0.05) is 83.6 Å². The number of aryl methyl sites for hydroxylation is 1. The Morgan fingerprint density at radius 3 is 1.40 bits per heavy atom. The van der Waals surface area contributed by atoms with E-state index in [0.717, 1.165) is 47.3 Å². The first kappa shape index (κ1) is 44.4. The molecule has 2 N–H and O–H groups in total. The van der Waals surface area contributed by atoms with Crippen LogP contribution in [0.25, 0.3) is 0 Å². The minimum Gasteiger partial charge on any atom is -0.394 e. The summed E-state index contributed by atoms with van der Waals surface area (Å²) in [6.45, 7) is 13.0. The fourth-order valence-corrected chi connectivity index (χ4v) is 3.84. The van der Waals surface area contributed by atoms with Crippen LogP contribution in [0.3, 0.4) is 0 Å². The van der Waals surface area contributed by atoms with Crippen LogP contribution in [0.1, 0.15) is 34.1 Å². The Morgan fingerprint density at radius 2 is 1.02 bits per heavy atom. The molecular formula is C28H54I2O11S. The van der Waals surface area contributed by atoms with E-state index in [-0.39, 0.29) is 31.3 Å². The molecule has 0 amide bonds. The van der Waals surface area contributed by atoms with E-state index in [4.69, 9.17) is 44.2 Å². The van der Waals surface area contributed by atoms with E-state index in [0.29, 0.717) is 53.1 Å². The third-order valence-corrected chi connectivity index (χ3v) is 6.36. The molecule has 11 nitrogen and oxygen atoms in total. The Hall–Kier alpha value is 0.270. The molecule has 1 aromatic rings. The average molecular weight is 854 g/mol. The zero-order chi connectivity index (χ0) is 32.9. The first-order chi connectivity index (χ1) is 20.8. The Kier molecular flexibility index (Phi) is 41.5. The summed E-state index contributed by atoms with van der Waals surface area (Å²) in [5.74, 6) is 0. The molecule has 0 aliphatic carbocycles. The van der Waals surface area contributed by atoms with Crippen molar-refractivity contribution in [3.05, 3.63) is 29.8 Å². The molecule has 0 spiro atoms. The van der Waals surface area contributed by atoms with Crippen LogP contribution in [0.2, 0.25) is 0 Å². The first-order valence-corrected chi connectivity index (χ1v) is 18.3. The van der Waals surface area contributed by atoms with Gasteiger partial charge in [-0.05, 0) is 25.5 Å². The van der Waals surface area contributed by atoms with Crippen LogP contribution >= 0.6 is 45.2 Å². The minimum atomic E-state index is -3.69. The Balaban J connectivity index is -0.000000586. The van der Waals surface area contributed by atoms with Gasteiger partial charge in [-0.25, -0.2) is 0 Å². The van der Waals surface area contributed by atoms with Gasteiger partial charge in [0.1, 0.15) is 0 Å². The van der Waals surface area contributed by atoms with E-state index in [1.54, 1.807) is 19.1 Å². The van der Waals surface area contributed by atoms with Gasteiger partial charge in [0.15, 0.2) is 0 Å². The lowest BCUT2D eigenvalue weighted by atomic mass is 10.2. The number of ether oxygens (including phenoxy) is 6. The Bertz CT molecular complexity index is 717. The second-order valence-electron chi connectivity index (χ2n) is 7.59. The summed E-state index contributed by atoms with van der Waals surface area (Å²) in [5.41, 5.74) is 0.999. The molecule has 0 atom stereocenters. The van der Waals surface area contributed by atoms with Crippen LogP contribution in [0.4, 0.5) is 0 Å². The molecule has 1 rings (SSSR count). The lowest BCUT2D eigenvalue weighted by Crippen LogP contribution is -2.13. The number of hydrogen-bond acceptors (Lipinski definition) is 11. The van der Waals surface area contributed by atoms with Crippen molar-refractivity contribution in [2.45, 2.75) is 39.0 Å². The van der Waals surface area contributed by atoms with Crippen molar-refractivity contribution in [3.63, 3.8) is 0 Å². The highest BCUT2D eigenvalue weighted by Gasteiger charge is 2.14. The van der Waals surface area contributed by atoms with Crippen molar-refractivity contribution in [2.75, 3.05) is 108 Å². The van der Waals surface area contributed by atoms with Gasteiger partial charge in [0.25, 0.3) is 10.1 Å². The third-order valence-electron chi connectivity index (χ3n) is 4.15. The lowest BCUT2D eigenvalue weighted by molar-refractivity contribution is 0.0222. The summed E-state index contributed by atoms with van der Waals surface area (Å²) in [5, 5.41) is 16.5. The van der Waals surface area contributed by atoms with Crippen molar-refractivity contribution in [1.82, 2.24) is 0 Å². The standard InChI is InChI=1S/C14H22O5S.C6H12I2O2.C6H14O4.C2H6/c1-3-8-17-9-10-18-11-12-19-20(15,16)14-6-4-13(2)5-7-14;2*7-1-3-9-5-6-10-4-2-8;1-2/h4-7H,3,8-12H2,1-2H3;1-6H2;7-8H,1-6H2;1-2H3/i;;;1D. The Morgan fingerprint density at radius 1 is 0.667 bits per heavy atom. The maximum absolute atomic E-state index is 11.8. The molecule has 0 radical (unpaired) electrons. The fourth-order valence-electron chi connectivity index (χ4n) is 2.32. The molecular weight excluding hydrogens is 798 g/mol. The molecule has 0 heterocycles. The molecule has 0 saturated carbocycles. The van der Waals surface area contributed by atoms with E-state index in [2.05, 4.69) is 45.2 Å². The smallest absolute Gasteiger partial charge is 0.297 e. The van der Waals surface area contributed by atoms with Crippen LogP contribution in [0.15, 0.2) is 29.2 Å². The maximum Gasteiger partial charge on any atom is 0.297 e. The average Bonchev–Trinajstić information content (AvgIpc) is 2.99. The zero-order valence-electron chi connectivity index (χ0n) is 26.5. The predicted octanol–water partition coefficient (Wildman–Crippen LogP) is 4.06. The van der Waals surface area contributed by atoms with E-state index >= 15 is 0 Å². The lowest BCUT2D eigenvalue weighted by Gasteiger charge is -2.07. The van der Waals surface area contributed by atoms with E-state index in [9.17, 15) is 8.42 Å². The van der Waals surface area contributed by atoms with Gasteiger partial charge in [-0.3, -0.25) is 4.18 Å². The molecule has 252 valence electrons. The zero-order valence-corrected chi connectivity index (χ0v) is 30.6. The maximum atomic E-state index is 11.8. The van der Waals surface area contributed by atoms with Crippen molar-refractivity contribution >= 4 is 55.3 Å². The van der Waals surface area contributed by atoms with E-state index in [1.165, 1.54) is 12.1 Å². The highest BCUT2D eigenvalue weighted by Crippen LogP contribution is 2.12. The molecule has 0 aliphatic heterocycles. The van der Waals surface area contributed by atoms with Gasteiger partial charge in [-0.15, -0.1) is 0 Å². The molecule has 0 saturated heterocycles. The predicted molar refractivity (Wildman–Crippen MR) is 183 cm³/mol. The summed E-state index contributed by atoms with van der Waals surface area (Å²) in [4.78, 5) is 0.161. The quantitative estimate of drug-likeness (QED) is 0.0674. The molecule has 1 aromatic carbocycles. The summed E-state index contributed by atoms with van der Waals surface area (Å²) in [6, 6.07) is 6.53. The van der Waals surface area contributed by atoms with Gasteiger partial charge in [0.2, 0.25) is 0 Å². The summed E-state index contributed by atoms with van der Waals surface area (Å²) >= 11 is 4.58. The highest BCUT2D eigenvalue weighted by molar-refractivity contribution is 14.1. The second-order valence-corrected chi connectivity index (χ2v) is 11.4. The van der Waals surface area contributed by atoms with Gasteiger partial charge >= 0.3 is 0 Å². The molecule has 0 fully saturated rings. The number of halogens is 2. The minimum absolute atomic E-state index is 0.00396. The van der Waals surface area contributed by atoms with Crippen LogP contribution in [0.5, 0.6) is 0 Å². The molecule has 0 unspecified atom stereocenters. The van der Waals surface area contributed by atoms with Crippen molar-refractivity contribution < 1.29 is 52.6 Å². The number of aliphatic hydroxyl groups excluding tert-OH is 2. The van der Waals surface area contributed by atoms with Gasteiger partial charge < -0.3 is 38.6 Å². The van der Waals surface area contributed by atoms with Gasteiger partial charge in [-0.2, -0.15) is 8.42 Å². The molecule has 0 aliphatic rings. The van der Waals surface area contributed by atoms with E-state index < -0.39 is 10.1 Å². The summed E-state index contributed by atoms with van der Waals surface area (Å²) in [7, 11) is -3.69. The number of rotatable bonds is 24. The van der Waals surface area contributed by atoms with Gasteiger partial charge in [0.05, 0.1) is 97.4 Å². The number of aliphatic hydroxyl groups is 2. The van der Waals surface area contributed by atoms with E-state index in [1.807, 2.05) is 13.8 Å².